The van der Waals surface area contributed by atoms with Gasteiger partial charge in [0.25, 0.3) is 11.8 Å². The Kier molecular flexibility index (Phi) is 4.20. The molecule has 0 bridgehead atoms. The number of hydrogen-bond acceptors (Lipinski definition) is 3. The molecule has 4 nitrogen and oxygen atoms in total. The van der Waals surface area contributed by atoms with Gasteiger partial charge in [-0.25, -0.2) is 4.39 Å². The molecule has 1 aliphatic carbocycles. The van der Waals surface area contributed by atoms with Gasteiger partial charge in [-0.05, 0) is 55.5 Å². The number of halogens is 1. The maximum absolute atomic E-state index is 12.8. The molecule has 1 aliphatic rings. The zero-order valence-electron chi connectivity index (χ0n) is 11.8. The first-order valence-corrected chi connectivity index (χ1v) is 7.98. The van der Waals surface area contributed by atoms with Gasteiger partial charge in [0.15, 0.2) is 0 Å². The standard InChI is InChI=1S/C16H15FN2O2S/c17-11-7-5-10(6-8-11)15(20)18-19-16(21)13-9-22-14-4-2-1-3-12(13)14/h5-9H,1-4H2,(H,18,20)(H,19,21). The molecule has 0 saturated heterocycles. The van der Waals surface area contributed by atoms with Crippen molar-refractivity contribution in [3.05, 3.63) is 57.0 Å². The van der Waals surface area contributed by atoms with Crippen LogP contribution in [0.1, 0.15) is 44.0 Å². The number of hydrogen-bond donors (Lipinski definition) is 2. The molecule has 1 aromatic carbocycles. The third kappa shape index (κ3) is 3.01. The Morgan fingerprint density at radius 3 is 2.45 bits per heavy atom. The van der Waals surface area contributed by atoms with E-state index in [0.29, 0.717) is 5.56 Å². The minimum Gasteiger partial charge on any atom is -0.267 e. The van der Waals surface area contributed by atoms with Crippen molar-refractivity contribution in [1.29, 1.82) is 0 Å². The van der Waals surface area contributed by atoms with Crippen LogP contribution in [0.3, 0.4) is 0 Å². The number of hydrazine groups is 1. The largest absolute Gasteiger partial charge is 0.270 e. The van der Waals surface area contributed by atoms with Gasteiger partial charge in [-0.3, -0.25) is 20.4 Å². The van der Waals surface area contributed by atoms with Crippen molar-refractivity contribution in [2.45, 2.75) is 25.7 Å². The smallest absolute Gasteiger partial charge is 0.267 e. The zero-order chi connectivity index (χ0) is 15.5. The molecular formula is C16H15FN2O2S. The summed E-state index contributed by atoms with van der Waals surface area (Å²) in [7, 11) is 0. The highest BCUT2D eigenvalue weighted by Gasteiger charge is 2.20. The normalized spacial score (nSPS) is 13.3. The van der Waals surface area contributed by atoms with Gasteiger partial charge in [0.2, 0.25) is 0 Å². The molecule has 1 heterocycles. The number of fused-ring (bicyclic) bond motifs is 1. The first-order valence-electron chi connectivity index (χ1n) is 7.10. The third-order valence-electron chi connectivity index (χ3n) is 3.70. The summed E-state index contributed by atoms with van der Waals surface area (Å²) in [6.45, 7) is 0. The van der Waals surface area contributed by atoms with Gasteiger partial charge >= 0.3 is 0 Å². The van der Waals surface area contributed by atoms with Gasteiger partial charge in [0.05, 0.1) is 5.56 Å². The zero-order valence-corrected chi connectivity index (χ0v) is 12.6. The molecule has 0 unspecified atom stereocenters. The maximum atomic E-state index is 12.8. The number of rotatable bonds is 2. The summed E-state index contributed by atoms with van der Waals surface area (Å²) < 4.78 is 12.8. The van der Waals surface area contributed by atoms with E-state index in [0.717, 1.165) is 31.2 Å². The Morgan fingerprint density at radius 1 is 1.00 bits per heavy atom. The second-order valence-electron chi connectivity index (χ2n) is 5.17. The van der Waals surface area contributed by atoms with E-state index in [-0.39, 0.29) is 11.5 Å². The van der Waals surface area contributed by atoms with Crippen molar-refractivity contribution >= 4 is 23.2 Å². The fraction of sp³-hybridized carbons (Fsp3) is 0.250. The molecule has 22 heavy (non-hydrogen) atoms. The second-order valence-corrected chi connectivity index (χ2v) is 6.14. The predicted octanol–water partition coefficient (Wildman–Crippen LogP) is 2.84. The molecule has 2 amide bonds. The lowest BCUT2D eigenvalue weighted by Crippen LogP contribution is -2.41. The molecule has 2 aromatic rings. The van der Waals surface area contributed by atoms with Crippen LogP contribution in [-0.2, 0) is 12.8 Å². The van der Waals surface area contributed by atoms with E-state index in [9.17, 15) is 14.0 Å². The highest BCUT2D eigenvalue weighted by atomic mass is 32.1. The van der Waals surface area contributed by atoms with E-state index in [4.69, 9.17) is 0 Å². The van der Waals surface area contributed by atoms with Gasteiger partial charge in [-0.15, -0.1) is 11.3 Å². The van der Waals surface area contributed by atoms with Crippen LogP contribution in [0.15, 0.2) is 29.6 Å². The number of nitrogens with one attached hydrogen (secondary N) is 2. The predicted molar refractivity (Wildman–Crippen MR) is 82.3 cm³/mol. The summed E-state index contributed by atoms with van der Waals surface area (Å²) in [5, 5.41) is 1.84. The van der Waals surface area contributed by atoms with E-state index in [1.54, 1.807) is 11.3 Å². The summed E-state index contributed by atoms with van der Waals surface area (Å²) >= 11 is 1.60. The van der Waals surface area contributed by atoms with E-state index >= 15 is 0 Å². The molecule has 0 atom stereocenters. The fourth-order valence-electron chi connectivity index (χ4n) is 2.54. The van der Waals surface area contributed by atoms with Gasteiger partial charge < -0.3 is 0 Å². The Morgan fingerprint density at radius 2 is 1.68 bits per heavy atom. The van der Waals surface area contributed by atoms with Gasteiger partial charge in [0.1, 0.15) is 5.82 Å². The molecule has 0 saturated carbocycles. The van der Waals surface area contributed by atoms with Crippen LogP contribution in [0.4, 0.5) is 4.39 Å². The highest BCUT2D eigenvalue weighted by Crippen LogP contribution is 2.29. The number of carbonyl (C=O) groups excluding carboxylic acids is 2. The lowest BCUT2D eigenvalue weighted by molar-refractivity contribution is 0.0846. The summed E-state index contributed by atoms with van der Waals surface area (Å²) in [6.07, 6.45) is 4.19. The summed E-state index contributed by atoms with van der Waals surface area (Å²) in [6, 6.07) is 5.13. The number of thiophene rings is 1. The van der Waals surface area contributed by atoms with Crippen molar-refractivity contribution in [3.63, 3.8) is 0 Å². The minimum atomic E-state index is -0.475. The molecule has 0 radical (unpaired) electrons. The minimum absolute atomic E-state index is 0.286. The van der Waals surface area contributed by atoms with Crippen LogP contribution in [0.5, 0.6) is 0 Å². The lowest BCUT2D eigenvalue weighted by atomic mass is 9.96. The average Bonchev–Trinajstić information content (AvgIpc) is 2.97. The van der Waals surface area contributed by atoms with Crippen LogP contribution in [0.25, 0.3) is 0 Å². The monoisotopic (exact) mass is 318 g/mol. The fourth-order valence-corrected chi connectivity index (χ4v) is 3.66. The Balaban J connectivity index is 1.64. The van der Waals surface area contributed by atoms with E-state index < -0.39 is 11.7 Å². The summed E-state index contributed by atoms with van der Waals surface area (Å²) in [5.41, 5.74) is 6.81. The van der Waals surface area contributed by atoms with E-state index in [1.807, 2.05) is 5.38 Å². The number of amides is 2. The van der Waals surface area contributed by atoms with Crippen molar-refractivity contribution in [2.75, 3.05) is 0 Å². The molecule has 1 aromatic heterocycles. The van der Waals surface area contributed by atoms with Crippen LogP contribution in [-0.4, -0.2) is 11.8 Å². The first-order chi connectivity index (χ1) is 10.6. The molecular weight excluding hydrogens is 303 g/mol. The van der Waals surface area contributed by atoms with E-state index in [1.165, 1.54) is 29.1 Å². The molecule has 114 valence electrons. The molecule has 2 N–H and O–H groups in total. The number of carbonyl (C=O) groups is 2. The van der Waals surface area contributed by atoms with Crippen molar-refractivity contribution < 1.29 is 14.0 Å². The topological polar surface area (TPSA) is 58.2 Å². The van der Waals surface area contributed by atoms with Crippen LogP contribution in [0.2, 0.25) is 0 Å². The molecule has 0 aliphatic heterocycles. The van der Waals surface area contributed by atoms with Crippen molar-refractivity contribution in [1.82, 2.24) is 10.9 Å². The third-order valence-corrected chi connectivity index (χ3v) is 4.79. The summed E-state index contributed by atoms with van der Waals surface area (Å²) in [5.74, 6) is -1.20. The van der Waals surface area contributed by atoms with E-state index in [2.05, 4.69) is 10.9 Å². The maximum Gasteiger partial charge on any atom is 0.270 e. The van der Waals surface area contributed by atoms with Gasteiger partial charge in [-0.2, -0.15) is 0 Å². The van der Waals surface area contributed by atoms with Crippen LogP contribution in [0, 0.1) is 5.82 Å². The van der Waals surface area contributed by atoms with Crippen molar-refractivity contribution in [3.8, 4) is 0 Å². The van der Waals surface area contributed by atoms with Gasteiger partial charge in [-0.1, -0.05) is 0 Å². The highest BCUT2D eigenvalue weighted by molar-refractivity contribution is 7.10. The SMILES string of the molecule is O=C(NNC(=O)c1csc2c1CCCC2)c1ccc(F)cc1. The molecule has 3 rings (SSSR count). The first kappa shape index (κ1) is 14.7. The van der Waals surface area contributed by atoms with Crippen molar-refractivity contribution in [2.24, 2.45) is 0 Å². The molecule has 0 spiro atoms. The lowest BCUT2D eigenvalue weighted by Gasteiger charge is -2.13. The summed E-state index contributed by atoms with van der Waals surface area (Å²) in [4.78, 5) is 25.3. The van der Waals surface area contributed by atoms with Crippen LogP contribution >= 0.6 is 11.3 Å². The molecule has 0 fully saturated rings. The quantitative estimate of drug-likeness (QED) is 0.837. The second kappa shape index (κ2) is 6.27. The average molecular weight is 318 g/mol. The number of aryl methyl sites for hydroxylation is 1. The number of benzene rings is 1. The Labute approximate surface area is 131 Å². The molecule has 6 heteroatoms. The van der Waals surface area contributed by atoms with Gasteiger partial charge in [0, 0.05) is 15.8 Å². The van der Waals surface area contributed by atoms with Crippen LogP contribution < -0.4 is 10.9 Å². The Bertz CT molecular complexity index is 709. The Hall–Kier alpha value is -2.21.